The van der Waals surface area contributed by atoms with Gasteiger partial charge in [0.25, 0.3) is 0 Å². The van der Waals surface area contributed by atoms with E-state index in [1.165, 1.54) is 6.08 Å². The molecule has 0 saturated carbocycles. The van der Waals surface area contributed by atoms with E-state index in [4.69, 9.17) is 0 Å². The van der Waals surface area contributed by atoms with E-state index in [9.17, 15) is 18.0 Å². The lowest BCUT2D eigenvalue weighted by Gasteiger charge is -1.99. The van der Waals surface area contributed by atoms with Crippen LogP contribution < -0.4 is 0 Å². The highest BCUT2D eigenvalue weighted by molar-refractivity contribution is 5.33. The van der Waals surface area contributed by atoms with Gasteiger partial charge in [-0.25, -0.2) is 4.79 Å². The monoisotopic (exact) mass is 191 g/mol. The second-order valence-electron chi connectivity index (χ2n) is 2.17. The smallest absolute Gasteiger partial charge is 0.449 e. The third kappa shape index (κ3) is 2.45. The van der Waals surface area contributed by atoms with Crippen molar-refractivity contribution in [2.24, 2.45) is 4.99 Å². The molecule has 0 saturated heterocycles. The van der Waals surface area contributed by atoms with Crippen molar-refractivity contribution in [2.75, 3.05) is 0 Å². The Balaban J connectivity index is 2.80. The van der Waals surface area contributed by atoms with Crippen molar-refractivity contribution in [2.45, 2.75) is 12.7 Å². The molecule has 0 bridgehead atoms. The van der Waals surface area contributed by atoms with E-state index in [1.807, 2.05) is 0 Å². The van der Waals surface area contributed by atoms with Crippen molar-refractivity contribution in [3.8, 4) is 0 Å². The molecule has 1 rings (SSSR count). The summed E-state index contributed by atoms with van der Waals surface area (Å²) >= 11 is 0. The molecule has 0 aliphatic rings. The molecule has 0 atom stereocenters. The molecular weight excluding hydrogens is 187 g/mol. The molecule has 0 unspecified atom stereocenters. The zero-order chi connectivity index (χ0) is 9.90. The fourth-order valence-electron chi connectivity index (χ4n) is 0.725. The Labute approximate surface area is 70.9 Å². The zero-order valence-corrected chi connectivity index (χ0v) is 6.26. The van der Waals surface area contributed by atoms with E-state index in [0.717, 1.165) is 12.1 Å². The molecule has 1 aromatic heterocycles. The summed E-state index contributed by atoms with van der Waals surface area (Å²) in [4.78, 5) is 12.7. The van der Waals surface area contributed by atoms with Crippen LogP contribution in [0.2, 0.25) is 0 Å². The summed E-state index contributed by atoms with van der Waals surface area (Å²) in [5, 5.41) is 0. The molecule has 0 amide bonds. The molecule has 6 heteroatoms. The van der Waals surface area contributed by atoms with Crippen LogP contribution in [0.1, 0.15) is 11.5 Å². The van der Waals surface area contributed by atoms with Gasteiger partial charge in [0.15, 0.2) is 0 Å². The molecule has 1 heterocycles. The number of isocyanates is 1. The summed E-state index contributed by atoms with van der Waals surface area (Å²) in [5.41, 5.74) is 0. The van der Waals surface area contributed by atoms with Gasteiger partial charge < -0.3 is 4.42 Å². The van der Waals surface area contributed by atoms with Crippen molar-refractivity contribution in [3.05, 3.63) is 23.7 Å². The number of rotatable bonds is 2. The number of alkyl halides is 3. The summed E-state index contributed by atoms with van der Waals surface area (Å²) < 4.78 is 40.1. The van der Waals surface area contributed by atoms with Crippen molar-refractivity contribution in [3.63, 3.8) is 0 Å². The second kappa shape index (κ2) is 3.45. The number of furan rings is 1. The summed E-state index contributed by atoms with van der Waals surface area (Å²) in [5.74, 6) is -1.11. The molecule has 0 aliphatic heterocycles. The first-order chi connectivity index (χ1) is 6.04. The SMILES string of the molecule is O=C=NCc1ccc(C(F)(F)F)o1. The van der Waals surface area contributed by atoms with E-state index in [0.29, 0.717) is 0 Å². The fourth-order valence-corrected chi connectivity index (χ4v) is 0.725. The Morgan fingerprint density at radius 1 is 1.46 bits per heavy atom. The summed E-state index contributed by atoms with van der Waals surface area (Å²) in [6, 6.07) is 1.90. The van der Waals surface area contributed by atoms with Crippen LogP contribution in [-0.4, -0.2) is 6.08 Å². The van der Waals surface area contributed by atoms with Crippen LogP contribution in [0.4, 0.5) is 13.2 Å². The molecule has 0 radical (unpaired) electrons. The number of nitrogens with zero attached hydrogens (tertiary/aromatic N) is 1. The Morgan fingerprint density at radius 3 is 2.62 bits per heavy atom. The first-order valence-corrected chi connectivity index (χ1v) is 3.23. The maximum Gasteiger partial charge on any atom is 0.449 e. The van der Waals surface area contributed by atoms with Crippen LogP contribution in [0.15, 0.2) is 21.5 Å². The van der Waals surface area contributed by atoms with Crippen molar-refractivity contribution < 1.29 is 22.4 Å². The number of aliphatic imine (C=N–C) groups is 1. The average molecular weight is 191 g/mol. The molecule has 1 aromatic rings. The third-order valence-electron chi connectivity index (χ3n) is 1.24. The second-order valence-corrected chi connectivity index (χ2v) is 2.17. The average Bonchev–Trinajstić information content (AvgIpc) is 2.47. The Kier molecular flexibility index (Phi) is 2.53. The van der Waals surface area contributed by atoms with Crippen LogP contribution in [0.25, 0.3) is 0 Å². The van der Waals surface area contributed by atoms with Gasteiger partial charge in [0.05, 0.1) is 0 Å². The van der Waals surface area contributed by atoms with E-state index >= 15 is 0 Å². The van der Waals surface area contributed by atoms with Gasteiger partial charge in [0.1, 0.15) is 12.3 Å². The van der Waals surface area contributed by atoms with Gasteiger partial charge in [-0.1, -0.05) is 0 Å². The zero-order valence-electron chi connectivity index (χ0n) is 6.26. The van der Waals surface area contributed by atoms with Crippen LogP contribution in [-0.2, 0) is 17.5 Å². The number of hydrogen-bond donors (Lipinski definition) is 0. The van der Waals surface area contributed by atoms with Gasteiger partial charge in [0.2, 0.25) is 11.8 Å². The summed E-state index contributed by atoms with van der Waals surface area (Å²) in [6.07, 6.45) is -3.30. The van der Waals surface area contributed by atoms with Gasteiger partial charge in [-0.2, -0.15) is 18.2 Å². The normalized spacial score (nSPS) is 11.0. The standard InChI is InChI=1S/C7H4F3NO2/c8-7(9,10)6-2-1-5(13-6)3-11-4-12/h1-2H,3H2. The van der Waals surface area contributed by atoms with Gasteiger partial charge in [0, 0.05) is 0 Å². The third-order valence-corrected chi connectivity index (χ3v) is 1.24. The lowest BCUT2D eigenvalue weighted by Crippen LogP contribution is -2.02. The van der Waals surface area contributed by atoms with Crippen LogP contribution >= 0.6 is 0 Å². The largest absolute Gasteiger partial charge is 0.455 e. The Morgan fingerprint density at radius 2 is 2.15 bits per heavy atom. The van der Waals surface area contributed by atoms with Gasteiger partial charge in [-0.15, -0.1) is 0 Å². The molecule has 70 valence electrons. The van der Waals surface area contributed by atoms with E-state index in [1.54, 1.807) is 0 Å². The lowest BCUT2D eigenvalue weighted by molar-refractivity contribution is -0.153. The number of carbonyl (C=O) groups excluding carboxylic acids is 1. The predicted octanol–water partition coefficient (Wildman–Crippen LogP) is 2.13. The van der Waals surface area contributed by atoms with Crippen molar-refractivity contribution in [1.82, 2.24) is 0 Å². The minimum absolute atomic E-state index is 0.0179. The first kappa shape index (κ1) is 9.54. The van der Waals surface area contributed by atoms with Crippen LogP contribution in [0.3, 0.4) is 0 Å². The van der Waals surface area contributed by atoms with Gasteiger partial charge in [-0.3, -0.25) is 0 Å². The molecule has 0 fully saturated rings. The highest BCUT2D eigenvalue weighted by Crippen LogP contribution is 2.30. The first-order valence-electron chi connectivity index (χ1n) is 3.23. The summed E-state index contributed by atoms with van der Waals surface area (Å²) in [7, 11) is 0. The van der Waals surface area contributed by atoms with Gasteiger partial charge >= 0.3 is 6.18 Å². The summed E-state index contributed by atoms with van der Waals surface area (Å²) in [6.45, 7) is -0.223. The number of hydrogen-bond acceptors (Lipinski definition) is 3. The maximum absolute atomic E-state index is 11.9. The van der Waals surface area contributed by atoms with E-state index in [-0.39, 0.29) is 12.3 Å². The molecule has 13 heavy (non-hydrogen) atoms. The molecule has 3 nitrogen and oxygen atoms in total. The van der Waals surface area contributed by atoms with Crippen molar-refractivity contribution in [1.29, 1.82) is 0 Å². The van der Waals surface area contributed by atoms with E-state index < -0.39 is 11.9 Å². The highest BCUT2D eigenvalue weighted by atomic mass is 19.4. The Hall–Kier alpha value is -1.55. The lowest BCUT2D eigenvalue weighted by atomic mass is 10.4. The molecule has 0 aromatic carbocycles. The minimum Gasteiger partial charge on any atom is -0.455 e. The van der Waals surface area contributed by atoms with E-state index in [2.05, 4.69) is 9.41 Å². The highest BCUT2D eigenvalue weighted by Gasteiger charge is 2.34. The van der Waals surface area contributed by atoms with Crippen LogP contribution in [0, 0.1) is 0 Å². The molecule has 0 N–H and O–H groups in total. The fraction of sp³-hybridized carbons (Fsp3) is 0.286. The molecule has 0 spiro atoms. The molecule has 0 aliphatic carbocycles. The van der Waals surface area contributed by atoms with Crippen molar-refractivity contribution >= 4 is 6.08 Å². The van der Waals surface area contributed by atoms with Gasteiger partial charge in [-0.05, 0) is 12.1 Å². The molecular formula is C7H4F3NO2. The topological polar surface area (TPSA) is 42.6 Å². The maximum atomic E-state index is 11.9. The minimum atomic E-state index is -4.50. The van der Waals surface area contributed by atoms with Crippen LogP contribution in [0.5, 0.6) is 0 Å². The quantitative estimate of drug-likeness (QED) is 0.530. The number of halogens is 3. The Bertz CT molecular complexity index is 336. The predicted molar refractivity (Wildman–Crippen MR) is 35.5 cm³/mol.